The van der Waals surface area contributed by atoms with Gasteiger partial charge < -0.3 is 15.8 Å². The maximum atomic E-state index is 14.5. The van der Waals surface area contributed by atoms with Gasteiger partial charge >= 0.3 is 0 Å². The predicted octanol–water partition coefficient (Wildman–Crippen LogP) is 5.61. The van der Waals surface area contributed by atoms with Gasteiger partial charge in [0, 0.05) is 17.6 Å². The summed E-state index contributed by atoms with van der Waals surface area (Å²) in [6.45, 7) is 8.47. The van der Waals surface area contributed by atoms with Crippen LogP contribution in [0.25, 0.3) is 5.57 Å². The van der Waals surface area contributed by atoms with Gasteiger partial charge in [0.05, 0.1) is 30.2 Å². The third kappa shape index (κ3) is 6.52. The molecule has 0 bridgehead atoms. The summed E-state index contributed by atoms with van der Waals surface area (Å²) < 4.78 is 33.8. The van der Waals surface area contributed by atoms with Gasteiger partial charge in [0.1, 0.15) is 22.4 Å². The molecule has 3 rings (SSSR count). The van der Waals surface area contributed by atoms with E-state index in [-0.39, 0.29) is 34.3 Å². The molecule has 1 aliphatic carbocycles. The van der Waals surface area contributed by atoms with Gasteiger partial charge in [0.2, 0.25) is 0 Å². The molecule has 3 unspecified atom stereocenters. The number of pyridine rings is 1. The number of carbonyl (C=O) groups excluding carboxylic acids is 1. The average Bonchev–Trinajstić information content (AvgIpc) is 3.21. The van der Waals surface area contributed by atoms with Gasteiger partial charge in [-0.1, -0.05) is 13.5 Å². The van der Waals surface area contributed by atoms with Crippen LogP contribution >= 0.6 is 11.3 Å². The van der Waals surface area contributed by atoms with Crippen molar-refractivity contribution in [2.24, 2.45) is 11.7 Å². The number of amides is 1. The number of anilines is 1. The number of allylic oxidation sites excluding steroid dienone is 2. The van der Waals surface area contributed by atoms with Crippen LogP contribution in [-0.2, 0) is 4.74 Å². The number of hydrogen-bond acceptors (Lipinski definition) is 6. The molecule has 1 aliphatic rings. The summed E-state index contributed by atoms with van der Waals surface area (Å²) >= 11 is 0.962. The first-order valence-corrected chi connectivity index (χ1v) is 11.8. The largest absolute Gasteiger partial charge is 0.372 e. The second-order valence-electron chi connectivity index (χ2n) is 8.77. The molecular weight excluding hydrogens is 446 g/mol. The first kappa shape index (κ1) is 25.1. The summed E-state index contributed by atoms with van der Waals surface area (Å²) in [7, 11) is 0. The van der Waals surface area contributed by atoms with E-state index in [1.54, 1.807) is 26.2 Å². The highest BCUT2D eigenvalue weighted by Crippen LogP contribution is 2.38. The van der Waals surface area contributed by atoms with Gasteiger partial charge in [-0.15, -0.1) is 11.3 Å². The van der Waals surface area contributed by atoms with Crippen molar-refractivity contribution in [2.45, 2.75) is 58.1 Å². The lowest BCUT2D eigenvalue weighted by molar-refractivity contribution is 0.0873. The zero-order chi connectivity index (χ0) is 24.1. The van der Waals surface area contributed by atoms with Gasteiger partial charge in [-0.05, 0) is 56.6 Å². The molecule has 2 heterocycles. The van der Waals surface area contributed by atoms with Crippen molar-refractivity contribution >= 4 is 28.5 Å². The molecule has 6 nitrogen and oxygen atoms in total. The van der Waals surface area contributed by atoms with Crippen molar-refractivity contribution in [2.75, 3.05) is 11.9 Å². The zero-order valence-electron chi connectivity index (χ0n) is 19.1. The summed E-state index contributed by atoms with van der Waals surface area (Å²) in [5, 5.41) is 4.34. The summed E-state index contributed by atoms with van der Waals surface area (Å²) in [6, 6.07) is 2.01. The Bertz CT molecular complexity index is 1030. The van der Waals surface area contributed by atoms with E-state index >= 15 is 0 Å². The van der Waals surface area contributed by atoms with Gasteiger partial charge in [-0.2, -0.15) is 0 Å². The van der Waals surface area contributed by atoms with Crippen molar-refractivity contribution in [1.82, 2.24) is 9.97 Å². The van der Waals surface area contributed by atoms with E-state index in [4.69, 9.17) is 10.5 Å². The molecule has 0 radical (unpaired) electrons. The minimum atomic E-state index is -0.974. The van der Waals surface area contributed by atoms with Crippen LogP contribution in [-0.4, -0.2) is 34.6 Å². The highest BCUT2D eigenvalue weighted by Gasteiger charge is 2.28. The van der Waals surface area contributed by atoms with Crippen LogP contribution in [0.4, 0.5) is 14.5 Å². The average molecular weight is 477 g/mol. The summed E-state index contributed by atoms with van der Waals surface area (Å²) in [6.07, 6.45) is 5.87. The molecular formula is C24H30F2N4O2S. The Kier molecular flexibility index (Phi) is 8.45. The second-order valence-corrected chi connectivity index (χ2v) is 9.63. The van der Waals surface area contributed by atoms with E-state index in [2.05, 4.69) is 28.8 Å². The Balaban J connectivity index is 1.80. The number of nitrogens with two attached hydrogens (primary N) is 1. The number of nitrogens with one attached hydrogen (secondary N) is 1. The lowest BCUT2D eigenvalue weighted by Crippen LogP contribution is -2.31. The molecule has 33 heavy (non-hydrogen) atoms. The van der Waals surface area contributed by atoms with Crippen LogP contribution in [0, 0.1) is 5.92 Å². The zero-order valence-corrected chi connectivity index (χ0v) is 19.9. The highest BCUT2D eigenvalue weighted by atomic mass is 32.1. The Morgan fingerprint density at radius 3 is 2.79 bits per heavy atom. The standard InChI is InChI=1S/C24H30F2N4O2S/c1-13(2)32-11-19(26)22(15(4)25)24-30-21(12-33-24)23(31)29-20-10-28-6-5-18(20)16-7-14(3)8-17(27)9-16/h5-6,10,12-14,16-17H,4,7-9,11,27H2,1-3H3,(H,29,31). The van der Waals surface area contributed by atoms with Crippen LogP contribution < -0.4 is 11.1 Å². The molecule has 3 atom stereocenters. The number of rotatable bonds is 8. The molecule has 0 saturated heterocycles. The maximum absolute atomic E-state index is 14.5. The quantitative estimate of drug-likeness (QED) is 0.483. The number of aromatic nitrogens is 2. The molecule has 178 valence electrons. The molecule has 3 N–H and O–H groups in total. The number of hydrogen-bond donors (Lipinski definition) is 2. The minimum absolute atomic E-state index is 0.0241. The van der Waals surface area contributed by atoms with Crippen LogP contribution in [0.5, 0.6) is 0 Å². The van der Waals surface area contributed by atoms with E-state index in [1.165, 1.54) is 5.38 Å². The summed E-state index contributed by atoms with van der Waals surface area (Å²) in [4.78, 5) is 21.2. The predicted molar refractivity (Wildman–Crippen MR) is 127 cm³/mol. The van der Waals surface area contributed by atoms with Crippen LogP contribution in [0.2, 0.25) is 0 Å². The molecule has 0 spiro atoms. The topological polar surface area (TPSA) is 90.1 Å². The normalized spacial score (nSPS) is 21.6. The molecule has 1 fully saturated rings. The van der Waals surface area contributed by atoms with Crippen molar-refractivity contribution in [1.29, 1.82) is 0 Å². The highest BCUT2D eigenvalue weighted by molar-refractivity contribution is 7.11. The summed E-state index contributed by atoms with van der Waals surface area (Å²) in [5.41, 5.74) is 7.45. The van der Waals surface area contributed by atoms with E-state index in [0.29, 0.717) is 11.6 Å². The molecule has 1 saturated carbocycles. The number of carbonyl (C=O) groups is 1. The SMILES string of the molecule is C=C(F)C(=C(F)COC(C)C)c1nc(C(=O)Nc2cnccc2C2CC(C)CC(N)C2)cs1. The van der Waals surface area contributed by atoms with E-state index in [1.807, 2.05) is 6.07 Å². The van der Waals surface area contributed by atoms with Crippen molar-refractivity contribution in [3.63, 3.8) is 0 Å². The fraction of sp³-hybridized carbons (Fsp3) is 0.458. The third-order valence-electron chi connectivity index (χ3n) is 5.56. The van der Waals surface area contributed by atoms with Crippen molar-refractivity contribution in [3.8, 4) is 0 Å². The molecule has 9 heteroatoms. The maximum Gasteiger partial charge on any atom is 0.275 e. The molecule has 0 aromatic carbocycles. The molecule has 1 amide bonds. The molecule has 2 aromatic heterocycles. The Hall–Kier alpha value is -2.49. The number of halogens is 2. The van der Waals surface area contributed by atoms with Crippen LogP contribution in [0.3, 0.4) is 0 Å². The fourth-order valence-electron chi connectivity index (χ4n) is 4.15. The lowest BCUT2D eigenvalue weighted by atomic mass is 9.76. The van der Waals surface area contributed by atoms with Gasteiger partial charge in [0.15, 0.2) is 0 Å². The van der Waals surface area contributed by atoms with Crippen molar-refractivity contribution < 1.29 is 18.3 Å². The van der Waals surface area contributed by atoms with E-state index in [9.17, 15) is 13.6 Å². The Labute approximate surface area is 197 Å². The first-order chi connectivity index (χ1) is 15.7. The number of thiazole rings is 1. The van der Waals surface area contributed by atoms with Crippen molar-refractivity contribution in [3.05, 3.63) is 58.3 Å². The molecule has 2 aromatic rings. The second kappa shape index (κ2) is 11.1. The van der Waals surface area contributed by atoms with Crippen LogP contribution in [0.15, 0.2) is 42.1 Å². The van der Waals surface area contributed by atoms with Crippen LogP contribution in [0.1, 0.15) is 67.0 Å². The smallest absolute Gasteiger partial charge is 0.275 e. The number of ether oxygens (including phenoxy) is 1. The number of nitrogens with zero attached hydrogens (tertiary/aromatic N) is 2. The Morgan fingerprint density at radius 2 is 2.12 bits per heavy atom. The fourth-order valence-corrected chi connectivity index (χ4v) is 5.02. The lowest BCUT2D eigenvalue weighted by Gasteiger charge is -2.32. The van der Waals surface area contributed by atoms with Gasteiger partial charge in [-0.3, -0.25) is 9.78 Å². The monoisotopic (exact) mass is 476 g/mol. The Morgan fingerprint density at radius 1 is 1.36 bits per heavy atom. The third-order valence-corrected chi connectivity index (χ3v) is 6.42. The van der Waals surface area contributed by atoms with Gasteiger partial charge in [-0.25, -0.2) is 13.8 Å². The first-order valence-electron chi connectivity index (χ1n) is 11.0. The van der Waals surface area contributed by atoms with E-state index < -0.39 is 24.2 Å². The minimum Gasteiger partial charge on any atom is -0.372 e. The van der Waals surface area contributed by atoms with E-state index in [0.717, 1.165) is 36.2 Å². The summed E-state index contributed by atoms with van der Waals surface area (Å²) in [5.74, 6) is -1.58. The van der Waals surface area contributed by atoms with Gasteiger partial charge in [0.25, 0.3) is 5.91 Å². The molecule has 0 aliphatic heterocycles.